The predicted octanol–water partition coefficient (Wildman–Crippen LogP) is 3.77. The highest BCUT2D eigenvalue weighted by molar-refractivity contribution is 8.01. The molecule has 176 valence electrons. The Morgan fingerprint density at radius 2 is 1.94 bits per heavy atom. The van der Waals surface area contributed by atoms with Gasteiger partial charge in [-0.2, -0.15) is 0 Å². The Balaban J connectivity index is 1.71. The zero-order valence-electron chi connectivity index (χ0n) is 19.5. The molecule has 2 saturated heterocycles. The number of thioether (sulfide) groups is 1. The van der Waals surface area contributed by atoms with Crippen molar-refractivity contribution in [2.45, 2.75) is 77.5 Å². The molecule has 2 heterocycles. The summed E-state index contributed by atoms with van der Waals surface area (Å²) >= 11 is 1.43. The molecule has 0 N–H and O–H groups in total. The Kier molecular flexibility index (Phi) is 5.77. The first-order valence-electron chi connectivity index (χ1n) is 11.2. The smallest absolute Gasteiger partial charge is 0.333 e. The number of epoxide rings is 1. The first-order chi connectivity index (χ1) is 15.1. The van der Waals surface area contributed by atoms with E-state index >= 15 is 0 Å². The highest BCUT2D eigenvalue weighted by Gasteiger charge is 2.91. The second kappa shape index (κ2) is 7.90. The quantitative estimate of drug-likeness (QED) is 0.263. The Morgan fingerprint density at radius 3 is 2.59 bits per heavy atom. The van der Waals surface area contributed by atoms with Crippen LogP contribution < -0.4 is 0 Å². The molecule has 4 aliphatic rings. The van der Waals surface area contributed by atoms with Gasteiger partial charge in [-0.25, -0.2) is 9.59 Å². The number of rotatable bonds is 5. The van der Waals surface area contributed by atoms with Crippen molar-refractivity contribution in [3.8, 4) is 0 Å². The van der Waals surface area contributed by atoms with Crippen LogP contribution in [0.4, 0.5) is 0 Å². The van der Waals surface area contributed by atoms with Gasteiger partial charge in [-0.3, -0.25) is 4.79 Å². The van der Waals surface area contributed by atoms with E-state index in [0.29, 0.717) is 18.4 Å². The summed E-state index contributed by atoms with van der Waals surface area (Å²) in [5, 5.41) is 1.69. The molecule has 32 heavy (non-hydrogen) atoms. The van der Waals surface area contributed by atoms with Crippen molar-refractivity contribution in [1.82, 2.24) is 0 Å². The van der Waals surface area contributed by atoms with Gasteiger partial charge in [0.1, 0.15) is 12.2 Å². The Hall–Kier alpha value is -1.80. The van der Waals surface area contributed by atoms with Crippen molar-refractivity contribution in [1.29, 1.82) is 0 Å². The second-order valence-electron chi connectivity index (χ2n) is 9.69. The molecule has 2 saturated carbocycles. The van der Waals surface area contributed by atoms with Crippen molar-refractivity contribution >= 4 is 29.7 Å². The molecular formula is C24H32O7S. The third-order valence-corrected chi connectivity index (χ3v) is 8.83. The van der Waals surface area contributed by atoms with E-state index in [4.69, 9.17) is 18.9 Å². The lowest BCUT2D eigenvalue weighted by Crippen LogP contribution is -2.64. The van der Waals surface area contributed by atoms with Crippen molar-refractivity contribution in [2.75, 3.05) is 6.26 Å². The van der Waals surface area contributed by atoms with E-state index in [1.165, 1.54) is 17.8 Å². The Bertz CT molecular complexity index is 897. The summed E-state index contributed by atoms with van der Waals surface area (Å²) in [4.78, 5) is 37.8. The van der Waals surface area contributed by atoms with Crippen LogP contribution in [-0.4, -0.2) is 47.8 Å². The molecule has 0 radical (unpaired) electrons. The van der Waals surface area contributed by atoms with Crippen LogP contribution >= 0.6 is 11.8 Å². The fourth-order valence-corrected chi connectivity index (χ4v) is 6.43. The number of hydrogen-bond acceptors (Lipinski definition) is 8. The minimum Gasteiger partial charge on any atom is -0.459 e. The topological polar surface area (TPSA) is 91.4 Å². The minimum absolute atomic E-state index is 0.0895. The van der Waals surface area contributed by atoms with E-state index in [2.05, 4.69) is 6.92 Å². The number of carbonyl (C=O) groups excluding carboxylic acids is 3. The fourth-order valence-electron chi connectivity index (χ4n) is 6.18. The van der Waals surface area contributed by atoms with Gasteiger partial charge < -0.3 is 18.9 Å². The average molecular weight is 465 g/mol. The summed E-state index contributed by atoms with van der Waals surface area (Å²) in [6, 6.07) is 0. The molecule has 7 nitrogen and oxygen atoms in total. The average Bonchev–Trinajstić information content (AvgIpc) is 3.37. The molecule has 4 rings (SSSR count). The zero-order valence-corrected chi connectivity index (χ0v) is 20.3. The van der Waals surface area contributed by atoms with Gasteiger partial charge in [-0.15, -0.1) is 11.8 Å². The maximum atomic E-state index is 12.9. The van der Waals surface area contributed by atoms with Gasteiger partial charge in [-0.05, 0) is 51.2 Å². The summed E-state index contributed by atoms with van der Waals surface area (Å²) < 4.78 is 23.9. The van der Waals surface area contributed by atoms with E-state index in [0.717, 1.165) is 6.42 Å². The zero-order chi connectivity index (χ0) is 23.5. The summed E-state index contributed by atoms with van der Waals surface area (Å²) in [6.45, 7) is 9.39. The molecule has 0 aromatic rings. The van der Waals surface area contributed by atoms with Crippen LogP contribution in [0.3, 0.4) is 0 Å². The third-order valence-electron chi connectivity index (χ3n) is 8.42. The lowest BCUT2D eigenvalue weighted by atomic mass is 9.50. The van der Waals surface area contributed by atoms with Gasteiger partial charge in [-0.1, -0.05) is 19.9 Å². The van der Waals surface area contributed by atoms with Gasteiger partial charge in [0.15, 0.2) is 5.60 Å². The number of hydrogen-bond donors (Lipinski definition) is 0. The number of carbonyl (C=O) groups is 3. The van der Waals surface area contributed by atoms with Crippen molar-refractivity contribution in [2.24, 2.45) is 23.2 Å². The summed E-state index contributed by atoms with van der Waals surface area (Å²) in [7, 11) is 0. The molecule has 0 aromatic carbocycles. The molecule has 2 aliphatic heterocycles. The second-order valence-corrected chi connectivity index (χ2v) is 10.4. The first kappa shape index (κ1) is 23.4. The van der Waals surface area contributed by atoms with Crippen LogP contribution in [0, 0.1) is 23.2 Å². The highest BCUT2D eigenvalue weighted by atomic mass is 32.2. The fraction of sp³-hybridized carbons (Fsp3) is 0.708. The van der Waals surface area contributed by atoms with Crippen molar-refractivity contribution in [3.63, 3.8) is 0 Å². The molecule has 0 bridgehead atoms. The van der Waals surface area contributed by atoms with Gasteiger partial charge in [0.2, 0.25) is 5.79 Å². The van der Waals surface area contributed by atoms with E-state index in [9.17, 15) is 14.4 Å². The summed E-state index contributed by atoms with van der Waals surface area (Å²) in [6.07, 6.45) is 6.00. The van der Waals surface area contributed by atoms with Crippen LogP contribution in [0.15, 0.2) is 23.1 Å². The Labute approximate surface area is 193 Å². The van der Waals surface area contributed by atoms with Gasteiger partial charge >= 0.3 is 17.9 Å². The van der Waals surface area contributed by atoms with Gasteiger partial charge in [0, 0.05) is 29.4 Å². The lowest BCUT2D eigenvalue weighted by molar-refractivity contribution is -0.199. The molecule has 0 unspecified atom stereocenters. The van der Waals surface area contributed by atoms with Crippen LogP contribution in [0.5, 0.6) is 0 Å². The number of fused-ring (bicyclic) bond motifs is 1. The maximum absolute atomic E-state index is 12.9. The molecule has 8 heteroatoms. The minimum atomic E-state index is -1.02. The summed E-state index contributed by atoms with van der Waals surface area (Å²) in [5.41, 5.74) is -1.07. The number of allylic oxidation sites excluding steroid dienone is 1. The molecule has 0 spiro atoms. The SMILES string of the molecule is C/C=C(/C)C(=O)O[C@H]1[C@@]2(C)[C@H](CC[C@H](OC(=O)/C=C\SC)[C@@H]2C)C[C@]23OC(=O)[C@@H](C)[C@]12O3. The third kappa shape index (κ3) is 3.09. The lowest BCUT2D eigenvalue weighted by Gasteiger charge is -2.56. The van der Waals surface area contributed by atoms with Crippen molar-refractivity contribution in [3.05, 3.63) is 23.1 Å². The van der Waals surface area contributed by atoms with Crippen LogP contribution in [0.1, 0.15) is 53.9 Å². The molecule has 8 atom stereocenters. The molecular weight excluding hydrogens is 432 g/mol. The van der Waals surface area contributed by atoms with E-state index < -0.39 is 34.8 Å². The first-order valence-corrected chi connectivity index (χ1v) is 12.5. The normalized spacial score (nSPS) is 44.9. The Morgan fingerprint density at radius 1 is 1.22 bits per heavy atom. The summed E-state index contributed by atoms with van der Waals surface area (Å²) in [5.74, 6) is -2.73. The van der Waals surface area contributed by atoms with E-state index in [-0.39, 0.29) is 29.9 Å². The predicted molar refractivity (Wildman–Crippen MR) is 118 cm³/mol. The largest absolute Gasteiger partial charge is 0.459 e. The molecule has 0 aromatic heterocycles. The van der Waals surface area contributed by atoms with Crippen LogP contribution in [0.2, 0.25) is 0 Å². The molecule has 0 amide bonds. The van der Waals surface area contributed by atoms with Gasteiger partial charge in [0.05, 0.1) is 5.92 Å². The monoisotopic (exact) mass is 464 g/mol. The van der Waals surface area contributed by atoms with E-state index in [1.54, 1.807) is 32.3 Å². The maximum Gasteiger partial charge on any atom is 0.333 e. The molecule has 4 fully saturated rings. The van der Waals surface area contributed by atoms with E-state index in [1.807, 2.05) is 13.2 Å². The van der Waals surface area contributed by atoms with Crippen LogP contribution in [-0.2, 0) is 33.3 Å². The number of ether oxygens (including phenoxy) is 4. The van der Waals surface area contributed by atoms with Gasteiger partial charge in [0.25, 0.3) is 0 Å². The van der Waals surface area contributed by atoms with Crippen molar-refractivity contribution < 1.29 is 33.3 Å². The standard InChI is InChI=1S/C24H32O7S/c1-7-13(2)19(26)29-21-22(5)14(3)17(28-18(25)10-11-32-6)9-8-16(22)12-23-24(21,31-23)15(4)20(27)30-23/h7,10-11,14-17,21H,8-9,12H2,1-6H3/b11-10-,13-7-/t14-,15+,16+,17-,21-,22+,23+,24-/m0/s1. The molecule has 2 aliphatic carbocycles. The highest BCUT2D eigenvalue weighted by Crippen LogP contribution is 2.74. The number of esters is 3. The van der Waals surface area contributed by atoms with Crippen LogP contribution in [0.25, 0.3) is 0 Å².